The van der Waals surface area contributed by atoms with Gasteiger partial charge in [0.1, 0.15) is 5.75 Å². The lowest BCUT2D eigenvalue weighted by Gasteiger charge is -2.26. The van der Waals surface area contributed by atoms with Crippen LogP contribution in [0.4, 0.5) is 0 Å². The Bertz CT molecular complexity index is 802. The summed E-state index contributed by atoms with van der Waals surface area (Å²) in [5, 5.41) is 4.24. The minimum Gasteiger partial charge on any atom is -0.497 e. The van der Waals surface area contributed by atoms with E-state index in [1.165, 1.54) is 0 Å². The molecule has 5 heteroatoms. The van der Waals surface area contributed by atoms with Gasteiger partial charge in [-0.1, -0.05) is 61.5 Å². The maximum Gasteiger partial charge on any atom is 0.225 e. The number of nitrogens with zero attached hydrogens (tertiary/aromatic N) is 2. The van der Waals surface area contributed by atoms with Crippen LogP contribution in [-0.2, 0) is 16.2 Å². The highest BCUT2D eigenvalue weighted by molar-refractivity contribution is 6.01. The van der Waals surface area contributed by atoms with Crippen molar-refractivity contribution in [3.05, 3.63) is 65.7 Å². The quantitative estimate of drug-likeness (QED) is 0.747. The van der Waals surface area contributed by atoms with Gasteiger partial charge in [0.2, 0.25) is 5.91 Å². The van der Waals surface area contributed by atoms with Crippen LogP contribution in [0.25, 0.3) is 0 Å². The summed E-state index contributed by atoms with van der Waals surface area (Å²) in [4.78, 5) is 20.2. The Balaban J connectivity index is 1.68. The van der Waals surface area contributed by atoms with Crippen molar-refractivity contribution in [3.8, 4) is 5.75 Å². The average Bonchev–Trinajstić information content (AvgIpc) is 3.16. The van der Waals surface area contributed by atoms with Crippen LogP contribution in [0.5, 0.6) is 5.75 Å². The lowest BCUT2D eigenvalue weighted by atomic mass is 10.0. The molecule has 2 aromatic rings. The molecule has 142 valence electrons. The standard InChI is InChI=1S/C22H26N2O3/c1-16(2)22(25)24(14-17-8-7-11-19(12-17)26-3)15-20-13-21(23-27-20)18-9-5-4-6-10-18/h4-12,16,20H,13-15H2,1-3H3/t20-/m1/s1. The van der Waals surface area contributed by atoms with Gasteiger partial charge in [0.25, 0.3) is 0 Å². The normalized spacial score (nSPS) is 16.0. The first-order chi connectivity index (χ1) is 13.1. The lowest BCUT2D eigenvalue weighted by Crippen LogP contribution is -2.39. The Kier molecular flexibility index (Phi) is 6.12. The summed E-state index contributed by atoms with van der Waals surface area (Å²) < 4.78 is 5.29. The Labute approximate surface area is 160 Å². The number of carbonyl (C=O) groups excluding carboxylic acids is 1. The molecule has 1 aliphatic rings. The van der Waals surface area contributed by atoms with E-state index in [2.05, 4.69) is 5.16 Å². The van der Waals surface area contributed by atoms with E-state index in [0.717, 1.165) is 22.6 Å². The molecular formula is C22H26N2O3. The van der Waals surface area contributed by atoms with Gasteiger partial charge in [-0.2, -0.15) is 0 Å². The number of benzene rings is 2. The largest absolute Gasteiger partial charge is 0.497 e. The summed E-state index contributed by atoms with van der Waals surface area (Å²) >= 11 is 0. The van der Waals surface area contributed by atoms with Gasteiger partial charge in [-0.3, -0.25) is 4.79 Å². The SMILES string of the molecule is COc1cccc(CN(C[C@H]2CC(c3ccccc3)=NO2)C(=O)C(C)C)c1. The zero-order valence-corrected chi connectivity index (χ0v) is 16.1. The molecule has 2 aromatic carbocycles. The number of oxime groups is 1. The first kappa shape index (κ1) is 19.0. The van der Waals surface area contributed by atoms with E-state index in [-0.39, 0.29) is 17.9 Å². The highest BCUT2D eigenvalue weighted by Gasteiger charge is 2.27. The Hall–Kier alpha value is -2.82. The van der Waals surface area contributed by atoms with Crippen LogP contribution in [0.1, 0.15) is 31.4 Å². The summed E-state index contributed by atoms with van der Waals surface area (Å²) in [6.45, 7) is 4.87. The molecule has 0 N–H and O–H groups in total. The number of carbonyl (C=O) groups is 1. The van der Waals surface area contributed by atoms with Gasteiger partial charge >= 0.3 is 0 Å². The van der Waals surface area contributed by atoms with Crippen molar-refractivity contribution < 1.29 is 14.4 Å². The topological polar surface area (TPSA) is 51.1 Å². The molecule has 3 rings (SSSR count). The van der Waals surface area contributed by atoms with E-state index in [4.69, 9.17) is 9.57 Å². The van der Waals surface area contributed by atoms with Crippen LogP contribution < -0.4 is 4.74 Å². The molecule has 0 aliphatic carbocycles. The molecule has 1 amide bonds. The first-order valence-corrected chi connectivity index (χ1v) is 9.26. The molecule has 1 atom stereocenters. The molecule has 1 aliphatic heterocycles. The van der Waals surface area contributed by atoms with Crippen LogP contribution in [-0.4, -0.2) is 36.3 Å². The van der Waals surface area contributed by atoms with Gasteiger partial charge in [0, 0.05) is 18.9 Å². The molecule has 0 saturated heterocycles. The van der Waals surface area contributed by atoms with Crippen molar-refractivity contribution in [1.29, 1.82) is 0 Å². The van der Waals surface area contributed by atoms with E-state index in [0.29, 0.717) is 19.5 Å². The number of amides is 1. The van der Waals surface area contributed by atoms with Crippen molar-refractivity contribution >= 4 is 11.6 Å². The summed E-state index contributed by atoms with van der Waals surface area (Å²) in [7, 11) is 1.64. The van der Waals surface area contributed by atoms with E-state index in [1.54, 1.807) is 7.11 Å². The van der Waals surface area contributed by atoms with E-state index < -0.39 is 0 Å². The molecule has 0 fully saturated rings. The fourth-order valence-corrected chi connectivity index (χ4v) is 3.16. The van der Waals surface area contributed by atoms with Crippen molar-refractivity contribution in [2.45, 2.75) is 32.9 Å². The summed E-state index contributed by atoms with van der Waals surface area (Å²) in [6.07, 6.45) is 0.567. The number of methoxy groups -OCH3 is 1. The van der Waals surface area contributed by atoms with Gasteiger partial charge < -0.3 is 14.5 Å². The van der Waals surface area contributed by atoms with Crippen LogP contribution in [0.2, 0.25) is 0 Å². The minimum atomic E-state index is -0.131. The van der Waals surface area contributed by atoms with E-state index >= 15 is 0 Å². The predicted octanol–water partition coefficient (Wildman–Crippen LogP) is 3.87. The van der Waals surface area contributed by atoms with Crippen LogP contribution in [0, 0.1) is 5.92 Å². The second-order valence-electron chi connectivity index (χ2n) is 7.06. The molecule has 0 saturated carbocycles. The number of hydrogen-bond donors (Lipinski definition) is 0. The molecule has 0 bridgehead atoms. The summed E-state index contributed by atoms with van der Waals surface area (Å²) in [6, 6.07) is 17.8. The van der Waals surface area contributed by atoms with Crippen molar-refractivity contribution in [3.63, 3.8) is 0 Å². The molecule has 1 heterocycles. The van der Waals surface area contributed by atoms with E-state index in [1.807, 2.05) is 73.3 Å². The molecule has 0 aromatic heterocycles. The van der Waals surface area contributed by atoms with Crippen LogP contribution in [0.3, 0.4) is 0 Å². The highest BCUT2D eigenvalue weighted by Crippen LogP contribution is 2.21. The van der Waals surface area contributed by atoms with Crippen molar-refractivity contribution in [2.24, 2.45) is 11.1 Å². The zero-order valence-electron chi connectivity index (χ0n) is 16.1. The molecule has 5 nitrogen and oxygen atoms in total. The Morgan fingerprint density at radius 2 is 2.00 bits per heavy atom. The van der Waals surface area contributed by atoms with Crippen molar-refractivity contribution in [2.75, 3.05) is 13.7 Å². The second kappa shape index (κ2) is 8.71. The van der Waals surface area contributed by atoms with Gasteiger partial charge in [-0.15, -0.1) is 0 Å². The van der Waals surface area contributed by atoms with Crippen LogP contribution >= 0.6 is 0 Å². The van der Waals surface area contributed by atoms with E-state index in [9.17, 15) is 4.79 Å². The Morgan fingerprint density at radius 1 is 1.22 bits per heavy atom. The van der Waals surface area contributed by atoms with Gasteiger partial charge in [0.15, 0.2) is 6.10 Å². The maximum atomic E-state index is 12.7. The first-order valence-electron chi connectivity index (χ1n) is 9.26. The van der Waals surface area contributed by atoms with Gasteiger partial charge in [0.05, 0.1) is 19.4 Å². The summed E-state index contributed by atoms with van der Waals surface area (Å²) in [5.41, 5.74) is 3.03. The Morgan fingerprint density at radius 3 is 2.70 bits per heavy atom. The van der Waals surface area contributed by atoms with Crippen molar-refractivity contribution in [1.82, 2.24) is 4.90 Å². The molecule has 27 heavy (non-hydrogen) atoms. The average molecular weight is 366 g/mol. The zero-order chi connectivity index (χ0) is 19.2. The summed E-state index contributed by atoms with van der Waals surface area (Å²) in [5.74, 6) is 0.817. The monoisotopic (exact) mass is 366 g/mol. The lowest BCUT2D eigenvalue weighted by molar-refractivity contribution is -0.136. The molecule has 0 spiro atoms. The predicted molar refractivity (Wildman–Crippen MR) is 106 cm³/mol. The highest BCUT2D eigenvalue weighted by atomic mass is 16.6. The minimum absolute atomic E-state index is 0.0773. The third kappa shape index (κ3) is 4.88. The maximum absolute atomic E-state index is 12.7. The second-order valence-corrected chi connectivity index (χ2v) is 7.06. The smallest absolute Gasteiger partial charge is 0.225 e. The number of rotatable bonds is 7. The fraction of sp³-hybridized carbons (Fsp3) is 0.364. The molecule has 0 unspecified atom stereocenters. The molecular weight excluding hydrogens is 340 g/mol. The third-order valence-corrected chi connectivity index (χ3v) is 4.58. The van der Waals surface area contributed by atoms with Gasteiger partial charge in [-0.25, -0.2) is 0 Å². The third-order valence-electron chi connectivity index (χ3n) is 4.58. The number of hydrogen-bond acceptors (Lipinski definition) is 4. The fourth-order valence-electron chi connectivity index (χ4n) is 3.16. The van der Waals surface area contributed by atoms with Gasteiger partial charge in [-0.05, 0) is 23.3 Å². The molecule has 0 radical (unpaired) electrons. The number of ether oxygens (including phenoxy) is 1. The van der Waals surface area contributed by atoms with Crippen LogP contribution in [0.15, 0.2) is 59.8 Å².